The first-order valence-corrected chi connectivity index (χ1v) is 10.2. The number of nitrogens with zero attached hydrogens (tertiary/aromatic N) is 6. The van der Waals surface area contributed by atoms with Crippen LogP contribution in [0.15, 0.2) is 42.5 Å². The second kappa shape index (κ2) is 7.00. The fourth-order valence-corrected chi connectivity index (χ4v) is 4.67. The van der Waals surface area contributed by atoms with E-state index in [2.05, 4.69) is 21.3 Å². The number of rotatable bonds is 2. The first-order valence-electron chi connectivity index (χ1n) is 9.36. The molecule has 1 atom stereocenters. The Balaban J connectivity index is 1.47. The predicted molar refractivity (Wildman–Crippen MR) is 109 cm³/mol. The first-order chi connectivity index (χ1) is 14.5. The van der Waals surface area contributed by atoms with Gasteiger partial charge in [-0.1, -0.05) is 0 Å². The molecule has 1 aliphatic heterocycles. The summed E-state index contributed by atoms with van der Waals surface area (Å²) in [4.78, 5) is 19.3. The van der Waals surface area contributed by atoms with E-state index in [0.29, 0.717) is 35.9 Å². The molecule has 4 aromatic rings. The molecule has 5 rings (SSSR count). The second-order valence-corrected chi connectivity index (χ2v) is 8.06. The molecule has 0 N–H and O–H groups in total. The standard InChI is InChI=1S/C21H15FN6OS/c1-12-18-25-26-19(20-24-16-7-2-13(11-23)10-17(16)30-20)28(18)9-8-27(12)21(29)14-3-5-15(22)6-4-14/h2-7,10,12H,8-9H2,1H3. The van der Waals surface area contributed by atoms with Gasteiger partial charge in [0, 0.05) is 18.7 Å². The Morgan fingerprint density at radius 2 is 2.00 bits per heavy atom. The molecule has 148 valence electrons. The lowest BCUT2D eigenvalue weighted by Crippen LogP contribution is -2.41. The maximum absolute atomic E-state index is 13.2. The van der Waals surface area contributed by atoms with Crippen LogP contribution in [-0.2, 0) is 6.54 Å². The average Bonchev–Trinajstić information content (AvgIpc) is 3.37. The highest BCUT2D eigenvalue weighted by Gasteiger charge is 2.32. The maximum atomic E-state index is 13.2. The van der Waals surface area contributed by atoms with Gasteiger partial charge >= 0.3 is 0 Å². The Morgan fingerprint density at radius 1 is 1.20 bits per heavy atom. The Bertz CT molecular complexity index is 1320. The van der Waals surface area contributed by atoms with Gasteiger partial charge in [0.1, 0.15) is 5.82 Å². The van der Waals surface area contributed by atoms with Crippen LogP contribution in [0.5, 0.6) is 0 Å². The van der Waals surface area contributed by atoms with Gasteiger partial charge in [0.25, 0.3) is 5.91 Å². The smallest absolute Gasteiger partial charge is 0.254 e. The number of carbonyl (C=O) groups excluding carboxylic acids is 1. The maximum Gasteiger partial charge on any atom is 0.254 e. The average molecular weight is 418 g/mol. The van der Waals surface area contributed by atoms with Crippen molar-refractivity contribution in [3.05, 3.63) is 65.2 Å². The molecule has 7 nitrogen and oxygen atoms in total. The van der Waals surface area contributed by atoms with Crippen molar-refractivity contribution in [1.29, 1.82) is 5.26 Å². The summed E-state index contributed by atoms with van der Waals surface area (Å²) in [5.74, 6) is 0.803. The summed E-state index contributed by atoms with van der Waals surface area (Å²) in [6.07, 6.45) is 0. The van der Waals surface area contributed by atoms with Crippen LogP contribution in [-0.4, -0.2) is 37.1 Å². The molecule has 1 amide bonds. The van der Waals surface area contributed by atoms with Gasteiger partial charge in [-0.3, -0.25) is 4.79 Å². The van der Waals surface area contributed by atoms with Crippen LogP contribution in [0.3, 0.4) is 0 Å². The van der Waals surface area contributed by atoms with Crippen LogP contribution >= 0.6 is 11.3 Å². The zero-order chi connectivity index (χ0) is 20.8. The van der Waals surface area contributed by atoms with Crippen molar-refractivity contribution in [2.75, 3.05) is 6.54 Å². The third-order valence-electron chi connectivity index (χ3n) is 5.25. The first kappa shape index (κ1) is 18.4. The molecule has 30 heavy (non-hydrogen) atoms. The van der Waals surface area contributed by atoms with Crippen molar-refractivity contribution in [3.63, 3.8) is 0 Å². The van der Waals surface area contributed by atoms with E-state index >= 15 is 0 Å². The second-order valence-electron chi connectivity index (χ2n) is 7.03. The molecular weight excluding hydrogens is 403 g/mol. The number of hydrogen-bond acceptors (Lipinski definition) is 6. The number of amides is 1. The molecule has 0 spiro atoms. The van der Waals surface area contributed by atoms with E-state index < -0.39 is 0 Å². The predicted octanol–water partition coefficient (Wildman–Crippen LogP) is 3.78. The van der Waals surface area contributed by atoms with E-state index in [1.54, 1.807) is 11.0 Å². The lowest BCUT2D eigenvalue weighted by atomic mass is 10.1. The summed E-state index contributed by atoms with van der Waals surface area (Å²) in [5.41, 5.74) is 1.84. The van der Waals surface area contributed by atoms with E-state index in [1.807, 2.05) is 23.6 Å². The van der Waals surface area contributed by atoms with Gasteiger partial charge in [-0.15, -0.1) is 21.5 Å². The van der Waals surface area contributed by atoms with Crippen molar-refractivity contribution in [1.82, 2.24) is 24.6 Å². The van der Waals surface area contributed by atoms with Gasteiger partial charge < -0.3 is 9.47 Å². The molecule has 0 saturated carbocycles. The molecule has 0 fully saturated rings. The minimum atomic E-state index is -0.375. The highest BCUT2D eigenvalue weighted by molar-refractivity contribution is 7.21. The van der Waals surface area contributed by atoms with E-state index in [9.17, 15) is 9.18 Å². The summed E-state index contributed by atoms with van der Waals surface area (Å²) < 4.78 is 16.1. The van der Waals surface area contributed by atoms with E-state index in [4.69, 9.17) is 5.26 Å². The molecule has 2 aromatic carbocycles. The quantitative estimate of drug-likeness (QED) is 0.494. The summed E-state index contributed by atoms with van der Waals surface area (Å²) in [5, 5.41) is 18.5. The van der Waals surface area contributed by atoms with E-state index in [1.165, 1.54) is 35.6 Å². The summed E-state index contributed by atoms with van der Waals surface area (Å²) in [6.45, 7) is 2.93. The summed E-state index contributed by atoms with van der Waals surface area (Å²) >= 11 is 1.46. The third kappa shape index (κ3) is 2.93. The molecule has 0 aliphatic carbocycles. The van der Waals surface area contributed by atoms with Crippen LogP contribution in [0.1, 0.15) is 34.7 Å². The molecule has 1 aliphatic rings. The van der Waals surface area contributed by atoms with Crippen LogP contribution in [0.2, 0.25) is 0 Å². The largest absolute Gasteiger partial charge is 0.327 e. The van der Waals surface area contributed by atoms with Crippen LogP contribution in [0, 0.1) is 17.1 Å². The molecule has 0 radical (unpaired) electrons. The Kier molecular flexibility index (Phi) is 4.29. The molecule has 0 saturated heterocycles. The third-order valence-corrected chi connectivity index (χ3v) is 6.26. The van der Waals surface area contributed by atoms with Gasteiger partial charge in [-0.05, 0) is 49.4 Å². The molecule has 3 heterocycles. The molecule has 1 unspecified atom stereocenters. The summed E-state index contributed by atoms with van der Waals surface area (Å²) in [6, 6.07) is 12.8. The minimum absolute atomic E-state index is 0.165. The molecule has 0 bridgehead atoms. The number of hydrogen-bond donors (Lipinski definition) is 0. The van der Waals surface area contributed by atoms with Gasteiger partial charge in [-0.2, -0.15) is 5.26 Å². The van der Waals surface area contributed by atoms with E-state index in [-0.39, 0.29) is 17.8 Å². The van der Waals surface area contributed by atoms with E-state index in [0.717, 1.165) is 15.2 Å². The highest BCUT2D eigenvalue weighted by atomic mass is 32.1. The van der Waals surface area contributed by atoms with Crippen molar-refractivity contribution in [3.8, 4) is 16.9 Å². The minimum Gasteiger partial charge on any atom is -0.327 e. The van der Waals surface area contributed by atoms with Gasteiger partial charge in [0.15, 0.2) is 16.7 Å². The summed E-state index contributed by atoms with van der Waals surface area (Å²) in [7, 11) is 0. The van der Waals surface area contributed by atoms with Crippen molar-refractivity contribution in [2.24, 2.45) is 0 Å². The normalized spacial score (nSPS) is 15.8. The molecular formula is C21H15FN6OS. The number of halogens is 1. The number of carbonyl (C=O) groups is 1. The van der Waals surface area contributed by atoms with Crippen LogP contribution < -0.4 is 0 Å². The van der Waals surface area contributed by atoms with Crippen molar-refractivity contribution in [2.45, 2.75) is 19.5 Å². The monoisotopic (exact) mass is 418 g/mol. The number of nitriles is 1. The topological polar surface area (TPSA) is 87.7 Å². The lowest BCUT2D eigenvalue weighted by molar-refractivity contribution is 0.0638. The Hall–Kier alpha value is -3.64. The SMILES string of the molecule is CC1c2nnc(-c3nc4ccc(C#N)cc4s3)n2CCN1C(=O)c1ccc(F)cc1. The Morgan fingerprint density at radius 3 is 2.77 bits per heavy atom. The van der Waals surface area contributed by atoms with Crippen molar-refractivity contribution < 1.29 is 9.18 Å². The zero-order valence-corrected chi connectivity index (χ0v) is 16.7. The fraction of sp³-hybridized carbons (Fsp3) is 0.190. The highest BCUT2D eigenvalue weighted by Crippen LogP contribution is 2.33. The fourth-order valence-electron chi connectivity index (χ4n) is 3.67. The Labute approximate surface area is 175 Å². The van der Waals surface area contributed by atoms with Gasteiger partial charge in [0.2, 0.25) is 0 Å². The number of fused-ring (bicyclic) bond motifs is 2. The lowest BCUT2D eigenvalue weighted by Gasteiger charge is -2.33. The van der Waals surface area contributed by atoms with Gasteiger partial charge in [-0.25, -0.2) is 9.37 Å². The molecule has 2 aromatic heterocycles. The van der Waals surface area contributed by atoms with Gasteiger partial charge in [0.05, 0.1) is 27.9 Å². The van der Waals surface area contributed by atoms with Crippen LogP contribution in [0.25, 0.3) is 21.0 Å². The molecule has 9 heteroatoms. The number of benzene rings is 2. The zero-order valence-electron chi connectivity index (χ0n) is 15.9. The number of aromatic nitrogens is 4. The number of thiazole rings is 1. The van der Waals surface area contributed by atoms with Crippen molar-refractivity contribution >= 4 is 27.5 Å². The van der Waals surface area contributed by atoms with Crippen LogP contribution in [0.4, 0.5) is 4.39 Å².